The monoisotopic (exact) mass is 486 g/mol. The Bertz CT molecular complexity index is 1310. The number of fused-ring (bicyclic) bond motifs is 1. The molecule has 2 aromatic carbocycles. The van der Waals surface area contributed by atoms with Crippen LogP contribution in [0.1, 0.15) is 51.6 Å². The van der Waals surface area contributed by atoms with Gasteiger partial charge >= 0.3 is 11.8 Å². The lowest BCUT2D eigenvalue weighted by Gasteiger charge is -2.32. The highest BCUT2D eigenvalue weighted by molar-refractivity contribution is 5.95. The van der Waals surface area contributed by atoms with Crippen molar-refractivity contribution >= 4 is 17.7 Å². The number of pyridine rings is 1. The van der Waals surface area contributed by atoms with Crippen LogP contribution in [-0.2, 0) is 13.1 Å². The topological polar surface area (TPSA) is 106 Å². The number of rotatable bonds is 4. The molecule has 3 aromatic rings. The van der Waals surface area contributed by atoms with Crippen LogP contribution in [0.3, 0.4) is 0 Å². The number of hydrogen-bond acceptors (Lipinski definition) is 6. The van der Waals surface area contributed by atoms with Gasteiger partial charge in [-0.15, -0.1) is 0 Å². The molecule has 184 valence electrons. The first kappa shape index (κ1) is 23.5. The van der Waals surface area contributed by atoms with Gasteiger partial charge in [0.25, 0.3) is 5.91 Å². The van der Waals surface area contributed by atoms with Gasteiger partial charge in [-0.05, 0) is 49.1 Å². The Morgan fingerprint density at radius 2 is 1.58 bits per heavy atom. The van der Waals surface area contributed by atoms with Crippen molar-refractivity contribution in [1.29, 1.82) is 0 Å². The summed E-state index contributed by atoms with van der Waals surface area (Å²) in [6.07, 6.45) is 0.609. The number of piperidine rings is 1. The van der Waals surface area contributed by atoms with Crippen molar-refractivity contribution in [2.45, 2.75) is 38.8 Å². The van der Waals surface area contributed by atoms with E-state index < -0.39 is 11.0 Å². The van der Waals surface area contributed by atoms with Crippen LogP contribution >= 0.6 is 0 Å². The minimum absolute atomic E-state index is 0.0175. The normalized spacial score (nSPS) is 15.5. The molecule has 2 amide bonds. The van der Waals surface area contributed by atoms with Gasteiger partial charge in [-0.1, -0.05) is 36.4 Å². The first-order valence-corrected chi connectivity index (χ1v) is 11.9. The smallest absolute Gasteiger partial charge is 0.403 e. The molecule has 1 saturated heterocycles. The molecule has 36 heavy (non-hydrogen) atoms. The maximum Gasteiger partial charge on any atom is 0.415 e. The average molecular weight is 487 g/mol. The molecular formula is C27H26N4O5. The van der Waals surface area contributed by atoms with Crippen LogP contribution in [0.4, 0.5) is 10.5 Å². The van der Waals surface area contributed by atoms with Gasteiger partial charge in [-0.2, -0.15) is 0 Å². The number of nitrogens with zero attached hydrogens (tertiary/aromatic N) is 4. The summed E-state index contributed by atoms with van der Waals surface area (Å²) in [5.41, 5.74) is 4.29. The number of benzene rings is 2. The fourth-order valence-electron chi connectivity index (χ4n) is 4.90. The molecule has 0 aliphatic carbocycles. The van der Waals surface area contributed by atoms with E-state index in [1.807, 2.05) is 36.1 Å². The second-order valence-corrected chi connectivity index (χ2v) is 9.17. The summed E-state index contributed by atoms with van der Waals surface area (Å²) in [5, 5.41) is 11.2. The second-order valence-electron chi connectivity index (χ2n) is 9.17. The lowest BCUT2D eigenvalue weighted by molar-refractivity contribution is -0.385. The summed E-state index contributed by atoms with van der Waals surface area (Å²) >= 11 is 0. The van der Waals surface area contributed by atoms with Gasteiger partial charge in [-0.25, -0.2) is 4.79 Å². The van der Waals surface area contributed by atoms with Crippen molar-refractivity contribution in [1.82, 2.24) is 14.8 Å². The lowest BCUT2D eigenvalue weighted by atomic mass is 9.90. The van der Waals surface area contributed by atoms with Crippen molar-refractivity contribution < 1.29 is 19.2 Å². The Morgan fingerprint density at radius 1 is 0.944 bits per heavy atom. The molecule has 2 aliphatic rings. The van der Waals surface area contributed by atoms with Gasteiger partial charge in [-0.3, -0.25) is 19.9 Å². The molecule has 0 bridgehead atoms. The van der Waals surface area contributed by atoms with Gasteiger partial charge in [0.15, 0.2) is 0 Å². The standard InChI is InChI=1S/C27H26N4O5/c1-18-10-11-22(26(32)30-16-20-6-2-3-7-21(20)17-30)25(28-18)19-12-14-29(15-13-19)27(33)36-24-9-5-4-8-23(24)31(34)35/h2-11,19H,12-17H2,1H3. The van der Waals surface area contributed by atoms with Gasteiger partial charge in [0, 0.05) is 43.9 Å². The van der Waals surface area contributed by atoms with Crippen molar-refractivity contribution in [3.05, 3.63) is 98.9 Å². The Morgan fingerprint density at radius 3 is 2.25 bits per heavy atom. The summed E-state index contributed by atoms with van der Waals surface area (Å²) in [7, 11) is 0. The number of nitro groups is 1. The molecule has 0 saturated carbocycles. The van der Waals surface area contributed by atoms with E-state index in [2.05, 4.69) is 12.1 Å². The van der Waals surface area contributed by atoms with Crippen LogP contribution in [0.5, 0.6) is 5.75 Å². The Kier molecular flexibility index (Phi) is 6.37. The molecule has 0 unspecified atom stereocenters. The van der Waals surface area contributed by atoms with Crippen LogP contribution in [0.25, 0.3) is 0 Å². The van der Waals surface area contributed by atoms with E-state index in [0.29, 0.717) is 44.6 Å². The summed E-state index contributed by atoms with van der Waals surface area (Å²) in [4.78, 5) is 45.0. The minimum atomic E-state index is -0.619. The second kappa shape index (κ2) is 9.77. The van der Waals surface area contributed by atoms with Gasteiger partial charge in [0.1, 0.15) is 0 Å². The number of nitro benzene ring substituents is 1. The van der Waals surface area contributed by atoms with E-state index in [9.17, 15) is 19.7 Å². The zero-order valence-electron chi connectivity index (χ0n) is 19.9. The number of aryl methyl sites for hydroxylation is 1. The highest BCUT2D eigenvalue weighted by Gasteiger charge is 2.32. The van der Waals surface area contributed by atoms with Gasteiger partial charge < -0.3 is 14.5 Å². The number of aromatic nitrogens is 1. The summed E-state index contributed by atoms with van der Waals surface area (Å²) in [6.45, 7) is 3.88. The number of hydrogen-bond donors (Lipinski definition) is 0. The maximum atomic E-state index is 13.5. The molecule has 0 radical (unpaired) electrons. The zero-order chi connectivity index (χ0) is 25.2. The first-order valence-electron chi connectivity index (χ1n) is 11.9. The summed E-state index contributed by atoms with van der Waals surface area (Å²) in [6, 6.07) is 17.6. The van der Waals surface area contributed by atoms with E-state index >= 15 is 0 Å². The number of carbonyl (C=O) groups is 2. The molecule has 2 aliphatic heterocycles. The van der Waals surface area contributed by atoms with Crippen molar-refractivity contribution in [2.24, 2.45) is 0 Å². The number of carbonyl (C=O) groups excluding carboxylic acids is 2. The molecular weight excluding hydrogens is 460 g/mol. The molecule has 1 aromatic heterocycles. The lowest BCUT2D eigenvalue weighted by Crippen LogP contribution is -2.40. The molecule has 9 heteroatoms. The SMILES string of the molecule is Cc1ccc(C(=O)N2Cc3ccccc3C2)c(C2CCN(C(=O)Oc3ccccc3[N+](=O)[O-])CC2)n1. The van der Waals surface area contributed by atoms with E-state index in [1.54, 1.807) is 11.0 Å². The number of likely N-dealkylation sites (tertiary alicyclic amines) is 1. The molecule has 0 spiro atoms. The van der Waals surface area contributed by atoms with Crippen molar-refractivity contribution in [3.8, 4) is 5.75 Å². The van der Waals surface area contributed by atoms with Crippen LogP contribution in [0.2, 0.25) is 0 Å². The third-order valence-electron chi connectivity index (χ3n) is 6.82. The van der Waals surface area contributed by atoms with E-state index in [4.69, 9.17) is 9.72 Å². The Hall–Kier alpha value is -4.27. The summed E-state index contributed by atoms with van der Waals surface area (Å²) in [5.74, 6) is -0.0923. The molecule has 1 fully saturated rings. The van der Waals surface area contributed by atoms with E-state index in [-0.39, 0.29) is 23.3 Å². The molecule has 9 nitrogen and oxygen atoms in total. The zero-order valence-corrected chi connectivity index (χ0v) is 19.9. The van der Waals surface area contributed by atoms with Gasteiger partial charge in [0.05, 0.1) is 16.2 Å². The summed E-state index contributed by atoms with van der Waals surface area (Å²) < 4.78 is 5.34. The molecule has 0 N–H and O–H groups in total. The fraction of sp³-hybridized carbons (Fsp3) is 0.296. The van der Waals surface area contributed by atoms with Crippen LogP contribution in [0.15, 0.2) is 60.7 Å². The van der Waals surface area contributed by atoms with Gasteiger partial charge in [0.2, 0.25) is 5.75 Å². The molecule has 5 rings (SSSR count). The van der Waals surface area contributed by atoms with Crippen LogP contribution in [-0.4, -0.2) is 44.8 Å². The predicted octanol–water partition coefficient (Wildman–Crippen LogP) is 4.83. The highest BCUT2D eigenvalue weighted by Crippen LogP contribution is 2.33. The van der Waals surface area contributed by atoms with Crippen LogP contribution < -0.4 is 4.74 Å². The third-order valence-corrected chi connectivity index (χ3v) is 6.82. The molecule has 0 atom stereocenters. The predicted molar refractivity (Wildman–Crippen MR) is 132 cm³/mol. The number of ether oxygens (including phenoxy) is 1. The van der Waals surface area contributed by atoms with Crippen molar-refractivity contribution in [3.63, 3.8) is 0 Å². The Balaban J connectivity index is 1.27. The maximum absolute atomic E-state index is 13.5. The average Bonchev–Trinajstić information content (AvgIpc) is 3.33. The minimum Gasteiger partial charge on any atom is -0.403 e. The van der Waals surface area contributed by atoms with E-state index in [1.165, 1.54) is 18.2 Å². The highest BCUT2D eigenvalue weighted by atomic mass is 16.6. The fourth-order valence-corrected chi connectivity index (χ4v) is 4.90. The first-order chi connectivity index (χ1) is 17.4. The quantitative estimate of drug-likeness (QED) is 0.386. The largest absolute Gasteiger partial charge is 0.415 e. The number of para-hydroxylation sites is 2. The van der Waals surface area contributed by atoms with E-state index in [0.717, 1.165) is 22.5 Å². The van der Waals surface area contributed by atoms with Crippen LogP contribution in [0, 0.1) is 17.0 Å². The third kappa shape index (κ3) is 4.64. The molecule has 3 heterocycles. The van der Waals surface area contributed by atoms with Crippen molar-refractivity contribution in [2.75, 3.05) is 13.1 Å². The number of amides is 2. The Labute approximate surface area is 208 Å².